The summed E-state index contributed by atoms with van der Waals surface area (Å²) in [6.45, 7) is 0. The summed E-state index contributed by atoms with van der Waals surface area (Å²) in [5.41, 5.74) is 7.57. The van der Waals surface area contributed by atoms with Crippen LogP contribution in [0.15, 0.2) is 71.6 Å². The highest BCUT2D eigenvalue weighted by Crippen LogP contribution is 2.30. The number of nitrogens with one attached hydrogen (secondary N) is 1. The molecule has 0 heterocycles. The fourth-order valence-corrected chi connectivity index (χ4v) is 4.10. The molecular formula is C21H24ClN3O3S. The molecule has 0 saturated carbocycles. The second kappa shape index (κ2) is 9.37. The van der Waals surface area contributed by atoms with Gasteiger partial charge >= 0.3 is 0 Å². The van der Waals surface area contributed by atoms with Crippen molar-refractivity contribution >= 4 is 44.8 Å². The number of rotatable bonds is 6. The van der Waals surface area contributed by atoms with Crippen LogP contribution in [0.4, 0.5) is 5.69 Å². The average Bonchev–Trinajstić information content (AvgIpc) is 2.68. The van der Waals surface area contributed by atoms with Gasteiger partial charge in [-0.25, -0.2) is 12.7 Å². The summed E-state index contributed by atoms with van der Waals surface area (Å²) in [7, 11) is -0.633. The molecule has 29 heavy (non-hydrogen) atoms. The van der Waals surface area contributed by atoms with E-state index < -0.39 is 16.1 Å². The molecule has 0 spiro atoms. The quantitative estimate of drug-likeness (QED) is 0.625. The Hall–Kier alpha value is -2.45. The summed E-state index contributed by atoms with van der Waals surface area (Å²) in [6.07, 6.45) is 0.414. The zero-order valence-electron chi connectivity index (χ0n) is 16.2. The van der Waals surface area contributed by atoms with Crippen LogP contribution in [0.1, 0.15) is 5.56 Å². The molecule has 3 aromatic rings. The lowest BCUT2D eigenvalue weighted by molar-refractivity contribution is -0.117. The van der Waals surface area contributed by atoms with Gasteiger partial charge in [-0.15, -0.1) is 12.4 Å². The van der Waals surface area contributed by atoms with Crippen molar-refractivity contribution in [3.63, 3.8) is 0 Å². The van der Waals surface area contributed by atoms with Crippen LogP contribution < -0.4 is 11.1 Å². The Kier molecular flexibility index (Phi) is 7.37. The summed E-state index contributed by atoms with van der Waals surface area (Å²) in [5.74, 6) is -0.322. The number of sulfonamides is 1. The zero-order chi connectivity index (χ0) is 20.3. The third-order valence-corrected chi connectivity index (χ3v) is 6.41. The van der Waals surface area contributed by atoms with Gasteiger partial charge in [0.25, 0.3) is 0 Å². The second-order valence-electron chi connectivity index (χ2n) is 6.73. The van der Waals surface area contributed by atoms with Crippen molar-refractivity contribution in [2.24, 2.45) is 5.73 Å². The van der Waals surface area contributed by atoms with Crippen LogP contribution in [0.25, 0.3) is 10.8 Å². The minimum absolute atomic E-state index is 0. The van der Waals surface area contributed by atoms with E-state index in [-0.39, 0.29) is 23.2 Å². The predicted molar refractivity (Wildman–Crippen MR) is 119 cm³/mol. The molecule has 0 aliphatic carbocycles. The first-order chi connectivity index (χ1) is 13.3. The van der Waals surface area contributed by atoms with Crippen LogP contribution in [-0.4, -0.2) is 38.8 Å². The van der Waals surface area contributed by atoms with E-state index in [1.54, 1.807) is 36.4 Å². The molecule has 0 aliphatic rings. The lowest BCUT2D eigenvalue weighted by atomic mass is 10.1. The van der Waals surface area contributed by atoms with Gasteiger partial charge in [0, 0.05) is 30.6 Å². The number of nitrogens with two attached hydrogens (primary N) is 1. The van der Waals surface area contributed by atoms with Gasteiger partial charge < -0.3 is 11.1 Å². The number of carbonyl (C=O) groups is 1. The van der Waals surface area contributed by atoms with Gasteiger partial charge in [-0.05, 0) is 24.1 Å². The third kappa shape index (κ3) is 4.94. The van der Waals surface area contributed by atoms with Crippen LogP contribution in [-0.2, 0) is 21.2 Å². The van der Waals surface area contributed by atoms with Crippen molar-refractivity contribution < 1.29 is 13.2 Å². The Morgan fingerprint density at radius 2 is 1.59 bits per heavy atom. The number of hydrogen-bond donors (Lipinski definition) is 2. The van der Waals surface area contributed by atoms with E-state index in [4.69, 9.17) is 5.73 Å². The lowest BCUT2D eigenvalue weighted by Crippen LogP contribution is -2.37. The maximum absolute atomic E-state index is 12.6. The van der Waals surface area contributed by atoms with Crippen molar-refractivity contribution in [3.05, 3.63) is 72.3 Å². The standard InChI is InChI=1S/C21H23N3O3S.ClH/c1-24(2)28(26,27)20-13-7-10-16-17(20)11-6-12-19(16)23-21(25)18(22)14-15-8-4-3-5-9-15;/h3-13,18H,14,22H2,1-2H3,(H,23,25);1H/t18-;/m0./s1. The number of amides is 1. The number of fused-ring (bicyclic) bond motifs is 1. The van der Waals surface area contributed by atoms with Crippen LogP contribution in [0.5, 0.6) is 0 Å². The van der Waals surface area contributed by atoms with Crippen molar-refractivity contribution in [1.29, 1.82) is 0 Å². The van der Waals surface area contributed by atoms with Crippen LogP contribution in [0, 0.1) is 0 Å². The highest BCUT2D eigenvalue weighted by molar-refractivity contribution is 7.89. The summed E-state index contributed by atoms with van der Waals surface area (Å²) in [4.78, 5) is 12.8. The van der Waals surface area contributed by atoms with Gasteiger partial charge in [-0.2, -0.15) is 0 Å². The number of nitrogens with zero attached hydrogens (tertiary/aromatic N) is 1. The molecule has 0 aliphatic heterocycles. The summed E-state index contributed by atoms with van der Waals surface area (Å²) >= 11 is 0. The largest absolute Gasteiger partial charge is 0.324 e. The normalized spacial score (nSPS) is 12.4. The van der Waals surface area contributed by atoms with E-state index in [0.29, 0.717) is 22.9 Å². The first kappa shape index (κ1) is 22.8. The SMILES string of the molecule is CN(C)S(=O)(=O)c1cccc2c(NC(=O)[C@@H](N)Cc3ccccc3)cccc12.Cl. The van der Waals surface area contributed by atoms with Crippen LogP contribution in [0.3, 0.4) is 0 Å². The highest BCUT2D eigenvalue weighted by Gasteiger charge is 2.21. The lowest BCUT2D eigenvalue weighted by Gasteiger charge is -2.16. The first-order valence-corrected chi connectivity index (χ1v) is 10.3. The van der Waals surface area contributed by atoms with Gasteiger partial charge in [0.2, 0.25) is 15.9 Å². The fraction of sp³-hybridized carbons (Fsp3) is 0.190. The predicted octanol–water partition coefficient (Wildman–Crippen LogP) is 3.02. The average molecular weight is 434 g/mol. The number of halogens is 1. The Labute approximate surface area is 177 Å². The number of hydrogen-bond acceptors (Lipinski definition) is 4. The molecule has 0 unspecified atom stereocenters. The topological polar surface area (TPSA) is 92.5 Å². The molecular weight excluding hydrogens is 410 g/mol. The highest BCUT2D eigenvalue weighted by atomic mass is 35.5. The van der Waals surface area contributed by atoms with Crippen molar-refractivity contribution in [2.45, 2.75) is 17.4 Å². The Morgan fingerprint density at radius 3 is 2.24 bits per heavy atom. The summed E-state index contributed by atoms with van der Waals surface area (Å²) in [6, 6.07) is 19.0. The summed E-state index contributed by atoms with van der Waals surface area (Å²) < 4.78 is 26.4. The maximum atomic E-state index is 12.6. The van der Waals surface area contributed by atoms with Crippen molar-refractivity contribution in [2.75, 3.05) is 19.4 Å². The van der Waals surface area contributed by atoms with Gasteiger partial charge in [-0.3, -0.25) is 4.79 Å². The number of carbonyl (C=O) groups excluding carboxylic acids is 1. The third-order valence-electron chi connectivity index (χ3n) is 4.53. The van der Waals surface area contributed by atoms with E-state index >= 15 is 0 Å². The number of anilines is 1. The van der Waals surface area contributed by atoms with Crippen LogP contribution in [0.2, 0.25) is 0 Å². The van der Waals surface area contributed by atoms with E-state index in [1.165, 1.54) is 18.4 Å². The molecule has 3 rings (SSSR count). The summed E-state index contributed by atoms with van der Waals surface area (Å²) in [5, 5.41) is 4.03. The molecule has 0 saturated heterocycles. The molecule has 8 heteroatoms. The van der Waals surface area contributed by atoms with E-state index in [0.717, 1.165) is 5.56 Å². The molecule has 0 bridgehead atoms. The van der Waals surface area contributed by atoms with Gasteiger partial charge in [0.15, 0.2) is 0 Å². The fourth-order valence-electron chi connectivity index (χ4n) is 3.00. The van der Waals surface area contributed by atoms with Crippen LogP contribution >= 0.6 is 12.4 Å². The minimum Gasteiger partial charge on any atom is -0.324 e. The first-order valence-electron chi connectivity index (χ1n) is 8.85. The molecule has 1 amide bonds. The van der Waals surface area contributed by atoms with Gasteiger partial charge in [-0.1, -0.05) is 54.6 Å². The van der Waals surface area contributed by atoms with E-state index in [1.807, 2.05) is 30.3 Å². The second-order valence-corrected chi connectivity index (χ2v) is 8.85. The molecule has 0 aromatic heterocycles. The van der Waals surface area contributed by atoms with Crippen molar-refractivity contribution in [1.82, 2.24) is 4.31 Å². The smallest absolute Gasteiger partial charge is 0.243 e. The molecule has 6 nitrogen and oxygen atoms in total. The zero-order valence-corrected chi connectivity index (χ0v) is 17.8. The Bertz CT molecular complexity index is 1100. The molecule has 3 N–H and O–H groups in total. The maximum Gasteiger partial charge on any atom is 0.243 e. The molecule has 0 fully saturated rings. The monoisotopic (exact) mass is 433 g/mol. The van der Waals surface area contributed by atoms with E-state index in [9.17, 15) is 13.2 Å². The molecule has 3 aromatic carbocycles. The van der Waals surface area contributed by atoms with E-state index in [2.05, 4.69) is 5.32 Å². The Morgan fingerprint density at radius 1 is 0.966 bits per heavy atom. The molecule has 0 radical (unpaired) electrons. The van der Waals surface area contributed by atoms with Crippen molar-refractivity contribution in [3.8, 4) is 0 Å². The van der Waals surface area contributed by atoms with Gasteiger partial charge in [0.1, 0.15) is 0 Å². The molecule has 154 valence electrons. The minimum atomic E-state index is -3.61. The Balaban J connectivity index is 0.00000300. The molecule has 1 atom stereocenters. The van der Waals surface area contributed by atoms with Gasteiger partial charge in [0.05, 0.1) is 10.9 Å². The number of benzene rings is 3.